The van der Waals surface area contributed by atoms with Gasteiger partial charge in [-0.25, -0.2) is 9.78 Å². The second-order valence-corrected chi connectivity index (χ2v) is 8.90. The fourth-order valence-corrected chi connectivity index (χ4v) is 4.19. The van der Waals surface area contributed by atoms with Gasteiger partial charge in [-0.15, -0.1) is 0 Å². The van der Waals surface area contributed by atoms with Gasteiger partial charge in [-0.3, -0.25) is 4.79 Å². The first kappa shape index (κ1) is 27.3. The molecule has 0 saturated carbocycles. The number of urea groups is 1. The molecule has 3 amide bonds. The van der Waals surface area contributed by atoms with Gasteiger partial charge < -0.3 is 30.0 Å². The smallest absolute Gasteiger partial charge is 0.319 e. The summed E-state index contributed by atoms with van der Waals surface area (Å²) in [5, 5.41) is 8.65. The summed E-state index contributed by atoms with van der Waals surface area (Å²) >= 11 is 0. The van der Waals surface area contributed by atoms with E-state index >= 15 is 0 Å². The number of rotatable bonds is 11. The van der Waals surface area contributed by atoms with E-state index in [4.69, 9.17) is 14.5 Å². The lowest BCUT2D eigenvalue weighted by atomic mass is 10.1. The van der Waals surface area contributed by atoms with Crippen LogP contribution in [0.2, 0.25) is 0 Å². The van der Waals surface area contributed by atoms with Crippen LogP contribution in [0.3, 0.4) is 0 Å². The van der Waals surface area contributed by atoms with Gasteiger partial charge in [0.2, 0.25) is 5.91 Å². The highest BCUT2D eigenvalue weighted by Gasteiger charge is 2.23. The van der Waals surface area contributed by atoms with Gasteiger partial charge >= 0.3 is 6.03 Å². The molecule has 1 aromatic heterocycles. The zero-order valence-electron chi connectivity index (χ0n) is 22.3. The van der Waals surface area contributed by atoms with Gasteiger partial charge in [0.1, 0.15) is 17.3 Å². The Morgan fingerprint density at radius 3 is 2.15 bits per heavy atom. The topological polar surface area (TPSA) is 107 Å². The fourth-order valence-electron chi connectivity index (χ4n) is 4.19. The number of ether oxygens (including phenoxy) is 2. The molecule has 0 aliphatic heterocycles. The molecule has 4 rings (SSSR count). The van der Waals surface area contributed by atoms with Crippen molar-refractivity contribution in [1.82, 2.24) is 20.2 Å². The second-order valence-electron chi connectivity index (χ2n) is 8.90. The summed E-state index contributed by atoms with van der Waals surface area (Å²) in [4.78, 5) is 30.2. The van der Waals surface area contributed by atoms with Crippen LogP contribution in [0.15, 0.2) is 85.1 Å². The third-order valence-corrected chi connectivity index (χ3v) is 6.30. The van der Waals surface area contributed by atoms with Crippen LogP contribution in [-0.4, -0.2) is 42.8 Å². The summed E-state index contributed by atoms with van der Waals surface area (Å²) in [5.74, 6) is 2.02. The number of carbonyl (C=O) groups is 2. The van der Waals surface area contributed by atoms with Gasteiger partial charge in [-0.05, 0) is 60.5 Å². The van der Waals surface area contributed by atoms with Gasteiger partial charge in [0.15, 0.2) is 0 Å². The normalized spacial score (nSPS) is 11.4. The number of aryl methyl sites for hydroxylation is 1. The minimum Gasteiger partial charge on any atom is -0.497 e. The molecule has 3 aromatic carbocycles. The minimum atomic E-state index is -0.470. The lowest BCUT2D eigenvalue weighted by Gasteiger charge is -2.20. The molecule has 1 atom stereocenters. The number of aromatic nitrogens is 2. The number of benzene rings is 3. The Morgan fingerprint density at radius 1 is 0.897 bits per heavy atom. The quantitative estimate of drug-likeness (QED) is 0.260. The number of nitrogens with one attached hydrogen (secondary N) is 3. The molecule has 0 radical (unpaired) electrons. The molecule has 39 heavy (non-hydrogen) atoms. The van der Waals surface area contributed by atoms with Crippen LogP contribution in [0.25, 0.3) is 11.3 Å². The van der Waals surface area contributed by atoms with Crippen LogP contribution in [0.1, 0.15) is 23.9 Å². The molecule has 3 N–H and O–H groups in total. The lowest BCUT2D eigenvalue weighted by Crippen LogP contribution is -2.35. The molecule has 1 heterocycles. The van der Waals surface area contributed by atoms with Crippen molar-refractivity contribution in [1.29, 1.82) is 0 Å². The van der Waals surface area contributed by atoms with Gasteiger partial charge in [-0.1, -0.05) is 30.3 Å². The predicted octanol–water partition coefficient (Wildman–Crippen LogP) is 4.81. The van der Waals surface area contributed by atoms with E-state index in [0.29, 0.717) is 30.2 Å². The minimum absolute atomic E-state index is 0.0783. The van der Waals surface area contributed by atoms with Crippen LogP contribution in [-0.2, 0) is 17.8 Å². The van der Waals surface area contributed by atoms with E-state index in [9.17, 15) is 9.59 Å². The molecule has 202 valence electrons. The van der Waals surface area contributed by atoms with Crippen molar-refractivity contribution in [3.05, 3.63) is 96.4 Å². The van der Waals surface area contributed by atoms with Crippen molar-refractivity contribution < 1.29 is 19.1 Å². The summed E-state index contributed by atoms with van der Waals surface area (Å²) in [7, 11) is 4.83. The number of nitrogens with zero attached hydrogens (tertiary/aromatic N) is 2. The van der Waals surface area contributed by atoms with Crippen LogP contribution in [0.5, 0.6) is 11.5 Å². The molecule has 0 fully saturated rings. The Bertz CT molecular complexity index is 1370. The highest BCUT2D eigenvalue weighted by molar-refractivity contribution is 5.89. The Morgan fingerprint density at radius 2 is 1.54 bits per heavy atom. The number of methoxy groups -OCH3 is 2. The first-order valence-electron chi connectivity index (χ1n) is 12.7. The van der Waals surface area contributed by atoms with Crippen molar-refractivity contribution in [2.24, 2.45) is 0 Å². The van der Waals surface area contributed by atoms with E-state index < -0.39 is 6.04 Å². The Labute approximate surface area is 228 Å². The number of imidazole rings is 1. The maximum Gasteiger partial charge on any atom is 0.319 e. The van der Waals surface area contributed by atoms with Crippen LogP contribution in [0.4, 0.5) is 10.5 Å². The second kappa shape index (κ2) is 13.1. The molecule has 9 heteroatoms. The van der Waals surface area contributed by atoms with Gasteiger partial charge in [0, 0.05) is 37.5 Å². The first-order chi connectivity index (χ1) is 19.0. The molecular weight excluding hydrogens is 494 g/mol. The van der Waals surface area contributed by atoms with Crippen LogP contribution in [0, 0.1) is 0 Å². The molecule has 1 unspecified atom stereocenters. The summed E-state index contributed by atoms with van der Waals surface area (Å²) in [6, 6.07) is 23.8. The van der Waals surface area contributed by atoms with Crippen LogP contribution < -0.4 is 25.4 Å². The molecule has 0 aliphatic rings. The number of hydrogen-bond donors (Lipinski definition) is 3. The first-order valence-corrected chi connectivity index (χ1v) is 12.7. The standard InChI is InChI=1S/C30H33N5O4/c1-31-28(36)17-18-35-20-27(22-9-13-24(38-2)14-10-22)33-29(35)26(19-21-7-5-4-6-8-21)34-30(37)32-23-11-15-25(39-3)16-12-23/h4-16,20,26H,17-19H2,1-3H3,(H,31,36)(H2,32,34,37). The van der Waals surface area contributed by atoms with Gasteiger partial charge in [0.05, 0.1) is 26.0 Å². The number of hydrogen-bond acceptors (Lipinski definition) is 5. The van der Waals surface area contributed by atoms with Crippen molar-refractivity contribution >= 4 is 17.6 Å². The van der Waals surface area contributed by atoms with Gasteiger partial charge in [-0.2, -0.15) is 0 Å². The Hall–Kier alpha value is -4.79. The van der Waals surface area contributed by atoms with E-state index in [2.05, 4.69) is 16.0 Å². The third kappa shape index (κ3) is 7.38. The zero-order valence-corrected chi connectivity index (χ0v) is 22.3. The van der Waals surface area contributed by atoms with E-state index in [1.165, 1.54) is 0 Å². The highest BCUT2D eigenvalue weighted by Crippen LogP contribution is 2.26. The summed E-state index contributed by atoms with van der Waals surface area (Å²) in [6.45, 7) is 0.408. The molecule has 0 saturated heterocycles. The number of amides is 3. The Kier molecular flexibility index (Phi) is 9.18. The zero-order chi connectivity index (χ0) is 27.6. The monoisotopic (exact) mass is 527 g/mol. The summed E-state index contributed by atoms with van der Waals surface area (Å²) in [6.07, 6.45) is 2.70. The van der Waals surface area contributed by atoms with Crippen molar-refractivity contribution in [2.45, 2.75) is 25.4 Å². The largest absolute Gasteiger partial charge is 0.497 e. The average molecular weight is 528 g/mol. The van der Waals surface area contributed by atoms with E-state index in [1.54, 1.807) is 45.5 Å². The third-order valence-electron chi connectivity index (χ3n) is 6.30. The maximum atomic E-state index is 13.1. The van der Waals surface area contributed by atoms with E-state index in [0.717, 1.165) is 22.6 Å². The Balaban J connectivity index is 1.66. The van der Waals surface area contributed by atoms with Crippen LogP contribution >= 0.6 is 0 Å². The fraction of sp³-hybridized carbons (Fsp3) is 0.233. The SMILES string of the molecule is CNC(=O)CCn1cc(-c2ccc(OC)cc2)nc1C(Cc1ccccc1)NC(=O)Nc1ccc(OC)cc1. The van der Waals surface area contributed by atoms with Crippen molar-refractivity contribution in [3.8, 4) is 22.8 Å². The summed E-state index contributed by atoms with van der Waals surface area (Å²) < 4.78 is 12.4. The van der Waals surface area contributed by atoms with E-state index in [-0.39, 0.29) is 18.4 Å². The highest BCUT2D eigenvalue weighted by atomic mass is 16.5. The van der Waals surface area contributed by atoms with Crippen molar-refractivity contribution in [2.75, 3.05) is 26.6 Å². The predicted molar refractivity (Wildman–Crippen MR) is 151 cm³/mol. The number of anilines is 1. The maximum absolute atomic E-state index is 13.1. The average Bonchev–Trinajstić information content (AvgIpc) is 3.40. The number of carbonyl (C=O) groups excluding carboxylic acids is 2. The van der Waals surface area contributed by atoms with Crippen molar-refractivity contribution in [3.63, 3.8) is 0 Å². The lowest BCUT2D eigenvalue weighted by molar-refractivity contribution is -0.120. The molecule has 0 aliphatic carbocycles. The van der Waals surface area contributed by atoms with E-state index in [1.807, 2.05) is 65.4 Å². The summed E-state index contributed by atoms with van der Waals surface area (Å²) in [5.41, 5.74) is 3.31. The molecule has 0 spiro atoms. The molecular formula is C30H33N5O4. The molecule has 9 nitrogen and oxygen atoms in total. The molecule has 0 bridgehead atoms. The molecule has 4 aromatic rings. The van der Waals surface area contributed by atoms with Gasteiger partial charge in [0.25, 0.3) is 0 Å².